The number of pyridine rings is 1. The van der Waals surface area contributed by atoms with Gasteiger partial charge in [0, 0.05) is 22.8 Å². The van der Waals surface area contributed by atoms with Gasteiger partial charge in [-0.15, -0.1) is 6.58 Å². The Morgan fingerprint density at radius 1 is 1.26 bits per heavy atom. The minimum absolute atomic E-state index is 0.0162. The maximum absolute atomic E-state index is 12.5. The van der Waals surface area contributed by atoms with Crippen molar-refractivity contribution in [2.45, 2.75) is 39.0 Å². The van der Waals surface area contributed by atoms with Crippen molar-refractivity contribution in [3.05, 3.63) is 66.5 Å². The molecule has 0 amide bonds. The summed E-state index contributed by atoms with van der Waals surface area (Å²) in [6.45, 7) is 13.2. The van der Waals surface area contributed by atoms with Crippen molar-refractivity contribution in [3.8, 4) is 0 Å². The zero-order valence-electron chi connectivity index (χ0n) is 18.1. The van der Waals surface area contributed by atoms with Gasteiger partial charge in [-0.2, -0.15) is 0 Å². The lowest BCUT2D eigenvalue weighted by atomic mass is 10.0. The molecule has 0 bridgehead atoms. The van der Waals surface area contributed by atoms with Gasteiger partial charge in [0.05, 0.1) is 23.9 Å². The number of hydrogen-bond donors (Lipinski definition) is 1. The fourth-order valence-corrected chi connectivity index (χ4v) is 3.44. The number of aliphatic hydroxyl groups excluding tert-OH is 1. The molecule has 2 aromatic heterocycles. The molecule has 0 saturated heterocycles. The quantitative estimate of drug-likeness (QED) is 0.365. The fourth-order valence-electron chi connectivity index (χ4n) is 3.44. The van der Waals surface area contributed by atoms with Crippen LogP contribution in [0.15, 0.2) is 55.1 Å². The van der Waals surface area contributed by atoms with Crippen molar-refractivity contribution in [2.75, 3.05) is 7.11 Å². The third kappa shape index (κ3) is 4.22. The number of allylic oxidation sites excluding steroid dienone is 1. The molecular formula is C24H26N2O5. The van der Waals surface area contributed by atoms with Crippen molar-refractivity contribution >= 4 is 33.7 Å². The van der Waals surface area contributed by atoms with Crippen LogP contribution in [0.4, 0.5) is 0 Å². The molecule has 1 N–H and O–H groups in total. The summed E-state index contributed by atoms with van der Waals surface area (Å²) in [4.78, 5) is 29.2. The average Bonchev–Trinajstić information content (AvgIpc) is 3.04. The molecule has 0 saturated carbocycles. The number of rotatable bonds is 6. The van der Waals surface area contributed by atoms with E-state index in [2.05, 4.69) is 18.1 Å². The second-order valence-corrected chi connectivity index (χ2v) is 8.13. The number of methoxy groups -OCH3 is 1. The highest BCUT2D eigenvalue weighted by molar-refractivity contribution is 6.11. The molecule has 0 aliphatic carbocycles. The zero-order valence-corrected chi connectivity index (χ0v) is 18.1. The number of carbonyl (C=O) groups excluding carboxylic acids is 2. The molecule has 0 radical (unpaired) electrons. The lowest BCUT2D eigenvalue weighted by molar-refractivity contribution is -0.151. The van der Waals surface area contributed by atoms with Crippen molar-refractivity contribution in [3.63, 3.8) is 0 Å². The van der Waals surface area contributed by atoms with Crippen LogP contribution >= 0.6 is 0 Å². The maximum atomic E-state index is 12.5. The van der Waals surface area contributed by atoms with Gasteiger partial charge >= 0.3 is 11.9 Å². The largest absolute Gasteiger partial charge is 0.464 e. The number of para-hydroxylation sites is 1. The smallest absolute Gasteiger partial charge is 0.356 e. The third-order valence-electron chi connectivity index (χ3n) is 4.73. The predicted octanol–water partition coefficient (Wildman–Crippen LogP) is 4.09. The molecule has 0 aliphatic heterocycles. The molecule has 0 spiro atoms. The van der Waals surface area contributed by atoms with E-state index in [1.165, 1.54) is 7.11 Å². The van der Waals surface area contributed by atoms with Crippen LogP contribution in [-0.4, -0.2) is 39.3 Å². The van der Waals surface area contributed by atoms with Crippen LogP contribution in [-0.2, 0) is 20.8 Å². The van der Waals surface area contributed by atoms with Gasteiger partial charge < -0.3 is 19.1 Å². The number of ether oxygens (including phenoxy) is 2. The van der Waals surface area contributed by atoms with Crippen LogP contribution in [0.2, 0.25) is 0 Å². The Balaban J connectivity index is 2.30. The first-order valence-electron chi connectivity index (χ1n) is 9.80. The summed E-state index contributed by atoms with van der Waals surface area (Å²) in [5, 5.41) is 12.7. The van der Waals surface area contributed by atoms with Gasteiger partial charge in [0.25, 0.3) is 0 Å². The second kappa shape index (κ2) is 8.35. The normalized spacial score (nSPS) is 12.5. The van der Waals surface area contributed by atoms with Crippen LogP contribution < -0.4 is 0 Å². The Bertz CT molecular complexity index is 1200. The number of esters is 2. The van der Waals surface area contributed by atoms with Crippen molar-refractivity contribution < 1.29 is 24.2 Å². The van der Waals surface area contributed by atoms with Gasteiger partial charge in [-0.25, -0.2) is 14.6 Å². The molecule has 7 nitrogen and oxygen atoms in total. The minimum atomic E-state index is -1.49. The monoisotopic (exact) mass is 422 g/mol. The Morgan fingerprint density at radius 3 is 2.55 bits per heavy atom. The molecule has 0 aliphatic rings. The van der Waals surface area contributed by atoms with E-state index in [0.29, 0.717) is 17.4 Å². The Morgan fingerprint density at radius 2 is 1.94 bits per heavy atom. The molecule has 2 heterocycles. The molecule has 1 atom stereocenters. The van der Waals surface area contributed by atoms with E-state index in [1.807, 2.05) is 28.8 Å². The fraction of sp³-hybridized carbons (Fsp3) is 0.292. The number of benzene rings is 1. The topological polar surface area (TPSA) is 90.7 Å². The molecule has 1 aromatic carbocycles. The molecule has 162 valence electrons. The number of nitrogens with zero attached hydrogens (tertiary/aromatic N) is 2. The van der Waals surface area contributed by atoms with Crippen LogP contribution in [0.1, 0.15) is 43.1 Å². The highest BCUT2D eigenvalue weighted by Gasteiger charge is 2.29. The first-order chi connectivity index (χ1) is 14.6. The summed E-state index contributed by atoms with van der Waals surface area (Å²) in [6, 6.07) is 9.24. The zero-order chi connectivity index (χ0) is 22.9. The van der Waals surface area contributed by atoms with Gasteiger partial charge in [0.1, 0.15) is 17.4 Å². The van der Waals surface area contributed by atoms with E-state index < -0.39 is 23.6 Å². The highest BCUT2D eigenvalue weighted by Crippen LogP contribution is 2.35. The first kappa shape index (κ1) is 22.2. The number of hydrogen-bond acceptors (Lipinski definition) is 6. The molecule has 1 unspecified atom stereocenters. The minimum Gasteiger partial charge on any atom is -0.464 e. The number of aliphatic hydroxyl groups is 1. The Kier molecular flexibility index (Phi) is 5.99. The molecular weight excluding hydrogens is 396 g/mol. The predicted molar refractivity (Wildman–Crippen MR) is 119 cm³/mol. The highest BCUT2D eigenvalue weighted by atomic mass is 16.6. The van der Waals surface area contributed by atoms with Gasteiger partial charge in [-0.05, 0) is 32.9 Å². The Labute approximate surface area is 180 Å². The van der Waals surface area contributed by atoms with E-state index >= 15 is 0 Å². The van der Waals surface area contributed by atoms with E-state index in [9.17, 15) is 14.7 Å². The summed E-state index contributed by atoms with van der Waals surface area (Å²) in [5.41, 5.74) is 0.646. The van der Waals surface area contributed by atoms with Crippen molar-refractivity contribution in [1.82, 2.24) is 9.55 Å². The summed E-state index contributed by atoms with van der Waals surface area (Å²) in [6.07, 6.45) is 0.230. The summed E-state index contributed by atoms with van der Waals surface area (Å²) >= 11 is 0. The molecule has 31 heavy (non-hydrogen) atoms. The SMILES string of the molecule is C=CCn1c2ccccc2c2cc(C(=O)OC)nc(C(O)C(=C)C(=O)OC(C)(C)C)c21. The molecule has 3 aromatic rings. The van der Waals surface area contributed by atoms with Crippen LogP contribution in [0.25, 0.3) is 21.8 Å². The lowest BCUT2D eigenvalue weighted by Gasteiger charge is -2.22. The number of fused-ring (bicyclic) bond motifs is 3. The summed E-state index contributed by atoms with van der Waals surface area (Å²) < 4.78 is 12.1. The Hall–Kier alpha value is -3.45. The van der Waals surface area contributed by atoms with E-state index in [-0.39, 0.29) is 17.0 Å². The second-order valence-electron chi connectivity index (χ2n) is 8.13. The van der Waals surface area contributed by atoms with Crippen LogP contribution in [0.3, 0.4) is 0 Å². The average molecular weight is 422 g/mol. The van der Waals surface area contributed by atoms with Crippen LogP contribution in [0.5, 0.6) is 0 Å². The molecule has 3 rings (SSSR count). The third-order valence-corrected chi connectivity index (χ3v) is 4.73. The van der Waals surface area contributed by atoms with Crippen LogP contribution in [0, 0.1) is 0 Å². The van der Waals surface area contributed by atoms with Crippen molar-refractivity contribution in [1.29, 1.82) is 0 Å². The first-order valence-corrected chi connectivity index (χ1v) is 9.80. The summed E-state index contributed by atoms with van der Waals surface area (Å²) in [5.74, 6) is -1.40. The molecule has 0 fully saturated rings. The van der Waals surface area contributed by atoms with E-state index in [0.717, 1.165) is 10.9 Å². The van der Waals surface area contributed by atoms with Gasteiger partial charge in [0.2, 0.25) is 0 Å². The number of aromatic nitrogens is 2. The van der Waals surface area contributed by atoms with Gasteiger partial charge in [-0.3, -0.25) is 0 Å². The molecule has 7 heteroatoms. The lowest BCUT2D eigenvalue weighted by Crippen LogP contribution is -2.26. The van der Waals surface area contributed by atoms with Gasteiger partial charge in [0.15, 0.2) is 0 Å². The van der Waals surface area contributed by atoms with E-state index in [4.69, 9.17) is 9.47 Å². The summed E-state index contributed by atoms with van der Waals surface area (Å²) in [7, 11) is 1.25. The van der Waals surface area contributed by atoms with E-state index in [1.54, 1.807) is 32.9 Å². The standard InChI is InChI=1S/C24H26N2O5/c1-7-12-26-18-11-9-8-10-15(18)16-13-17(23(29)30-6)25-19(20(16)26)21(27)14(2)22(28)31-24(3,4)5/h7-11,13,21,27H,1-2,12H2,3-6H3. The van der Waals surface area contributed by atoms with Gasteiger partial charge in [-0.1, -0.05) is 30.9 Å². The van der Waals surface area contributed by atoms with Crippen molar-refractivity contribution in [2.24, 2.45) is 0 Å². The maximum Gasteiger partial charge on any atom is 0.356 e. The number of carbonyl (C=O) groups is 2.